The van der Waals surface area contributed by atoms with Gasteiger partial charge in [-0.1, -0.05) is 18.2 Å². The number of hydrogen-bond acceptors (Lipinski definition) is 3. The van der Waals surface area contributed by atoms with Gasteiger partial charge in [-0.3, -0.25) is 4.98 Å². The van der Waals surface area contributed by atoms with Crippen LogP contribution in [0.4, 0.5) is 0 Å². The maximum absolute atomic E-state index is 5.85. The molecule has 2 aromatic carbocycles. The van der Waals surface area contributed by atoms with Crippen molar-refractivity contribution in [3.63, 3.8) is 0 Å². The van der Waals surface area contributed by atoms with Gasteiger partial charge in [-0.05, 0) is 48.9 Å². The zero-order valence-electron chi connectivity index (χ0n) is 12.0. The van der Waals surface area contributed by atoms with E-state index in [2.05, 4.69) is 4.98 Å². The van der Waals surface area contributed by atoms with E-state index >= 15 is 0 Å². The first-order valence-electron chi connectivity index (χ1n) is 7.04. The lowest BCUT2D eigenvalue weighted by atomic mass is 10.2. The smallest absolute Gasteiger partial charge is 0.120 e. The SMILES string of the molecule is CCOc1cccc(COc2ccc3ncccc3c2)c1. The predicted molar refractivity (Wildman–Crippen MR) is 83.7 cm³/mol. The Labute approximate surface area is 124 Å². The molecule has 1 heterocycles. The molecule has 0 N–H and O–H groups in total. The number of hydrogen-bond donors (Lipinski definition) is 0. The fraction of sp³-hybridized carbons (Fsp3) is 0.167. The molecule has 106 valence electrons. The van der Waals surface area contributed by atoms with E-state index in [0.717, 1.165) is 28.0 Å². The van der Waals surface area contributed by atoms with Crippen molar-refractivity contribution in [1.82, 2.24) is 4.98 Å². The van der Waals surface area contributed by atoms with Crippen molar-refractivity contribution in [1.29, 1.82) is 0 Å². The monoisotopic (exact) mass is 279 g/mol. The fourth-order valence-corrected chi connectivity index (χ4v) is 2.20. The van der Waals surface area contributed by atoms with Crippen LogP contribution in [-0.4, -0.2) is 11.6 Å². The normalized spacial score (nSPS) is 10.5. The van der Waals surface area contributed by atoms with Crippen molar-refractivity contribution in [3.05, 3.63) is 66.4 Å². The molecule has 0 atom stereocenters. The lowest BCUT2D eigenvalue weighted by Gasteiger charge is -2.09. The second kappa shape index (κ2) is 6.27. The van der Waals surface area contributed by atoms with Crippen LogP contribution in [0.15, 0.2) is 60.8 Å². The van der Waals surface area contributed by atoms with Gasteiger partial charge in [0.05, 0.1) is 12.1 Å². The highest BCUT2D eigenvalue weighted by Gasteiger charge is 2.00. The molecule has 0 aliphatic rings. The Morgan fingerprint density at radius 1 is 0.905 bits per heavy atom. The molecule has 0 aliphatic carbocycles. The maximum atomic E-state index is 5.85. The summed E-state index contributed by atoms with van der Waals surface area (Å²) in [6.45, 7) is 3.17. The summed E-state index contributed by atoms with van der Waals surface area (Å²) in [4.78, 5) is 4.30. The van der Waals surface area contributed by atoms with Gasteiger partial charge in [-0.15, -0.1) is 0 Å². The molecule has 0 unspecified atom stereocenters. The van der Waals surface area contributed by atoms with Crippen LogP contribution < -0.4 is 9.47 Å². The Hall–Kier alpha value is -2.55. The van der Waals surface area contributed by atoms with Crippen molar-refractivity contribution in [2.24, 2.45) is 0 Å². The van der Waals surface area contributed by atoms with Crippen molar-refractivity contribution in [3.8, 4) is 11.5 Å². The summed E-state index contributed by atoms with van der Waals surface area (Å²) in [6, 6.07) is 17.9. The van der Waals surface area contributed by atoms with Crippen LogP contribution in [0, 0.1) is 0 Å². The number of pyridine rings is 1. The predicted octanol–water partition coefficient (Wildman–Crippen LogP) is 4.21. The van der Waals surface area contributed by atoms with Gasteiger partial charge in [0.2, 0.25) is 0 Å². The number of benzene rings is 2. The number of fused-ring (bicyclic) bond motifs is 1. The molecule has 0 aliphatic heterocycles. The van der Waals surface area contributed by atoms with E-state index in [1.165, 1.54) is 0 Å². The molecule has 3 nitrogen and oxygen atoms in total. The third kappa shape index (κ3) is 3.31. The fourth-order valence-electron chi connectivity index (χ4n) is 2.20. The van der Waals surface area contributed by atoms with Crippen LogP contribution in [0.5, 0.6) is 11.5 Å². The molecule has 3 heteroatoms. The van der Waals surface area contributed by atoms with E-state index in [9.17, 15) is 0 Å². The lowest BCUT2D eigenvalue weighted by molar-refractivity contribution is 0.303. The third-order valence-corrected chi connectivity index (χ3v) is 3.19. The molecular formula is C18H17NO2. The molecule has 0 fully saturated rings. The highest BCUT2D eigenvalue weighted by atomic mass is 16.5. The van der Waals surface area contributed by atoms with Crippen LogP contribution in [0.25, 0.3) is 10.9 Å². The van der Waals surface area contributed by atoms with Crippen molar-refractivity contribution in [2.75, 3.05) is 6.61 Å². The summed E-state index contributed by atoms with van der Waals surface area (Å²) < 4.78 is 11.3. The Morgan fingerprint density at radius 2 is 1.81 bits per heavy atom. The van der Waals surface area contributed by atoms with Crippen molar-refractivity contribution < 1.29 is 9.47 Å². The third-order valence-electron chi connectivity index (χ3n) is 3.19. The van der Waals surface area contributed by atoms with E-state index in [4.69, 9.17) is 9.47 Å². The Balaban J connectivity index is 1.72. The first-order chi connectivity index (χ1) is 10.3. The first kappa shape index (κ1) is 13.4. The average molecular weight is 279 g/mol. The van der Waals surface area contributed by atoms with Crippen LogP contribution in [0.3, 0.4) is 0 Å². The minimum atomic E-state index is 0.521. The summed E-state index contributed by atoms with van der Waals surface area (Å²) >= 11 is 0. The maximum Gasteiger partial charge on any atom is 0.120 e. The summed E-state index contributed by atoms with van der Waals surface area (Å²) in [7, 11) is 0. The molecule has 0 saturated carbocycles. The van der Waals surface area contributed by atoms with Gasteiger partial charge in [-0.25, -0.2) is 0 Å². The van der Waals surface area contributed by atoms with Gasteiger partial charge in [-0.2, -0.15) is 0 Å². The first-order valence-corrected chi connectivity index (χ1v) is 7.04. The topological polar surface area (TPSA) is 31.4 Å². The molecular weight excluding hydrogens is 262 g/mol. The zero-order chi connectivity index (χ0) is 14.5. The molecule has 0 spiro atoms. The van der Waals surface area contributed by atoms with Crippen LogP contribution >= 0.6 is 0 Å². The molecule has 1 aromatic heterocycles. The van der Waals surface area contributed by atoms with E-state index in [1.807, 2.05) is 61.5 Å². The van der Waals surface area contributed by atoms with Gasteiger partial charge in [0.1, 0.15) is 18.1 Å². The molecule has 0 amide bonds. The Morgan fingerprint density at radius 3 is 2.71 bits per heavy atom. The highest BCUT2D eigenvalue weighted by Crippen LogP contribution is 2.21. The van der Waals surface area contributed by atoms with Crippen LogP contribution in [0.2, 0.25) is 0 Å². The number of rotatable bonds is 5. The second-order valence-corrected chi connectivity index (χ2v) is 4.73. The van der Waals surface area contributed by atoms with Gasteiger partial charge < -0.3 is 9.47 Å². The average Bonchev–Trinajstić information content (AvgIpc) is 2.53. The summed E-state index contributed by atoms with van der Waals surface area (Å²) in [5.41, 5.74) is 2.07. The van der Waals surface area contributed by atoms with E-state index in [0.29, 0.717) is 13.2 Å². The number of aromatic nitrogens is 1. The standard InChI is InChI=1S/C18H17NO2/c1-2-20-16-7-3-5-14(11-16)13-21-17-8-9-18-15(12-17)6-4-10-19-18/h3-12H,2,13H2,1H3. The van der Waals surface area contributed by atoms with Crippen molar-refractivity contribution >= 4 is 10.9 Å². The largest absolute Gasteiger partial charge is 0.494 e. The molecule has 21 heavy (non-hydrogen) atoms. The Kier molecular flexibility index (Phi) is 4.01. The minimum Gasteiger partial charge on any atom is -0.494 e. The van der Waals surface area contributed by atoms with E-state index < -0.39 is 0 Å². The van der Waals surface area contributed by atoms with E-state index in [1.54, 1.807) is 6.20 Å². The van der Waals surface area contributed by atoms with Crippen LogP contribution in [0.1, 0.15) is 12.5 Å². The zero-order valence-corrected chi connectivity index (χ0v) is 12.0. The molecule has 0 saturated heterocycles. The number of nitrogens with zero attached hydrogens (tertiary/aromatic N) is 1. The molecule has 0 bridgehead atoms. The van der Waals surface area contributed by atoms with Crippen LogP contribution in [-0.2, 0) is 6.61 Å². The summed E-state index contributed by atoms with van der Waals surface area (Å²) in [6.07, 6.45) is 1.79. The van der Waals surface area contributed by atoms with Gasteiger partial charge in [0, 0.05) is 11.6 Å². The van der Waals surface area contributed by atoms with E-state index in [-0.39, 0.29) is 0 Å². The lowest BCUT2D eigenvalue weighted by Crippen LogP contribution is -1.97. The van der Waals surface area contributed by atoms with Crippen molar-refractivity contribution in [2.45, 2.75) is 13.5 Å². The summed E-state index contributed by atoms with van der Waals surface area (Å²) in [5.74, 6) is 1.72. The molecule has 3 rings (SSSR count). The van der Waals surface area contributed by atoms with Gasteiger partial charge >= 0.3 is 0 Å². The molecule has 0 radical (unpaired) electrons. The quantitative estimate of drug-likeness (QED) is 0.701. The van der Waals surface area contributed by atoms with Gasteiger partial charge in [0.25, 0.3) is 0 Å². The highest BCUT2D eigenvalue weighted by molar-refractivity contribution is 5.79. The second-order valence-electron chi connectivity index (χ2n) is 4.73. The number of ether oxygens (including phenoxy) is 2. The molecule has 3 aromatic rings. The summed E-state index contributed by atoms with van der Waals surface area (Å²) in [5, 5.41) is 1.08. The van der Waals surface area contributed by atoms with Gasteiger partial charge in [0.15, 0.2) is 0 Å². The Bertz CT molecular complexity index is 740. The minimum absolute atomic E-state index is 0.521.